The predicted molar refractivity (Wildman–Crippen MR) is 178 cm³/mol. The predicted octanol–water partition coefficient (Wildman–Crippen LogP) is 5.04. The van der Waals surface area contributed by atoms with E-state index in [9.17, 15) is 24.0 Å². The van der Waals surface area contributed by atoms with E-state index in [1.165, 1.54) is 19.4 Å². The number of likely N-dealkylation sites (N-methyl/N-ethyl adjacent to an activating group) is 1. The molecule has 1 aliphatic heterocycles. The van der Waals surface area contributed by atoms with Crippen molar-refractivity contribution in [2.45, 2.75) is 92.6 Å². The summed E-state index contributed by atoms with van der Waals surface area (Å²) in [5.41, 5.74) is 2.59. The van der Waals surface area contributed by atoms with E-state index in [0.717, 1.165) is 50.9 Å². The fraction of sp³-hybridized carbons (Fsp3) is 0.629. The molecule has 1 aromatic carbocycles. The van der Waals surface area contributed by atoms with E-state index in [1.807, 2.05) is 27.8 Å². The summed E-state index contributed by atoms with van der Waals surface area (Å²) >= 11 is 0. The minimum Gasteiger partial charge on any atom is -0.487 e. The van der Waals surface area contributed by atoms with Crippen LogP contribution in [0, 0.1) is 11.8 Å². The van der Waals surface area contributed by atoms with Crippen LogP contribution in [0.2, 0.25) is 0 Å². The van der Waals surface area contributed by atoms with Crippen molar-refractivity contribution in [1.29, 1.82) is 0 Å². The van der Waals surface area contributed by atoms with Gasteiger partial charge in [-0.15, -0.1) is 0 Å². The Kier molecular flexibility index (Phi) is 15.4. The molecule has 3 N–H and O–H groups in total. The lowest BCUT2D eigenvalue weighted by Gasteiger charge is -2.25. The Morgan fingerprint density at radius 1 is 1.02 bits per heavy atom. The van der Waals surface area contributed by atoms with Gasteiger partial charge in [0.2, 0.25) is 11.8 Å². The third-order valence-corrected chi connectivity index (χ3v) is 8.12. The minimum atomic E-state index is -0.508. The zero-order valence-electron chi connectivity index (χ0n) is 29.0. The molecule has 2 fully saturated rings. The van der Waals surface area contributed by atoms with E-state index in [0.29, 0.717) is 48.9 Å². The van der Waals surface area contributed by atoms with E-state index in [2.05, 4.69) is 34.7 Å². The number of carbonyl (C=O) groups is 5. The smallest absolute Gasteiger partial charge is 0.407 e. The van der Waals surface area contributed by atoms with Crippen LogP contribution >= 0.6 is 0 Å². The Morgan fingerprint density at radius 3 is 2.20 bits per heavy atom. The molecule has 2 aliphatic rings. The number of piperidine rings is 1. The van der Waals surface area contributed by atoms with E-state index in [-0.39, 0.29) is 29.3 Å². The summed E-state index contributed by atoms with van der Waals surface area (Å²) in [5.74, 6) is 0.319. The highest BCUT2D eigenvalue weighted by atomic mass is 16.6. The molecule has 1 aliphatic carbocycles. The molecule has 1 aromatic rings. The number of hydrogen-bond acceptors (Lipinski definition) is 9. The lowest BCUT2D eigenvalue weighted by Crippen LogP contribution is -2.42. The average Bonchev–Trinajstić information content (AvgIpc) is 2.93. The summed E-state index contributed by atoms with van der Waals surface area (Å²) < 4.78 is 11.3. The highest BCUT2D eigenvalue weighted by Crippen LogP contribution is 2.29. The number of ether oxygens (including phenoxy) is 2. The van der Waals surface area contributed by atoms with Crippen molar-refractivity contribution >= 4 is 29.5 Å². The summed E-state index contributed by atoms with van der Waals surface area (Å²) in [4.78, 5) is 60.1. The van der Waals surface area contributed by atoms with Crippen molar-refractivity contribution in [1.82, 2.24) is 20.9 Å². The number of carbonyl (C=O) groups excluding carboxylic acids is 5. The van der Waals surface area contributed by atoms with E-state index >= 15 is 0 Å². The van der Waals surface area contributed by atoms with Crippen LogP contribution in [0.3, 0.4) is 0 Å². The van der Waals surface area contributed by atoms with Crippen LogP contribution in [0.25, 0.3) is 0 Å². The maximum Gasteiger partial charge on any atom is 0.407 e. The van der Waals surface area contributed by atoms with Crippen LogP contribution < -0.4 is 20.7 Å². The van der Waals surface area contributed by atoms with Crippen LogP contribution in [-0.4, -0.2) is 79.8 Å². The molecule has 3 rings (SSSR count). The monoisotopic (exact) mass is 642 g/mol. The van der Waals surface area contributed by atoms with Crippen LogP contribution in [0.4, 0.5) is 4.79 Å². The van der Waals surface area contributed by atoms with E-state index in [1.54, 1.807) is 18.2 Å². The second kappa shape index (κ2) is 18.4. The second-order valence-corrected chi connectivity index (χ2v) is 13.1. The topological polar surface area (TPSA) is 143 Å². The molecule has 1 heterocycles. The number of imide groups is 1. The quantitative estimate of drug-likeness (QED) is 0.188. The van der Waals surface area contributed by atoms with Gasteiger partial charge >= 0.3 is 6.09 Å². The number of Topliss-reactive ketones (excluding diaryl/α,β-unsaturated/α-hetero) is 2. The Bertz CT molecular complexity index is 1260. The summed E-state index contributed by atoms with van der Waals surface area (Å²) in [6.07, 6.45) is 5.04. The van der Waals surface area contributed by atoms with Crippen LogP contribution in [0.5, 0.6) is 5.75 Å². The molecular formula is C35H54N4O7. The number of amides is 3. The fourth-order valence-corrected chi connectivity index (χ4v) is 5.10. The van der Waals surface area contributed by atoms with Gasteiger partial charge in [-0.25, -0.2) is 4.79 Å². The van der Waals surface area contributed by atoms with Gasteiger partial charge in [0.25, 0.3) is 0 Å². The van der Waals surface area contributed by atoms with Crippen molar-refractivity contribution in [3.8, 4) is 5.75 Å². The van der Waals surface area contributed by atoms with Gasteiger partial charge in [-0.05, 0) is 84.9 Å². The standard InChI is InChI=1S/C26H39N3O5.C9H15NO2/c1-18(30)21-11-8-12-23(24(21)19(2)31)33-17-22(20-9-7-10-20)27-13-15-29(6)16-14-28-25(32)34-26(3,4)5;1-3-6(2)7-4-5-8(11)10-9(7)12/h8,11-12,27H,7,9-10,13-17H2,1-6H3,(H,28,32);6-7H,3-5H2,1-2H3,(H,10,11,12). The normalized spacial score (nSPS) is 16.7. The Balaban J connectivity index is 0.000000512. The number of ketones is 2. The maximum atomic E-state index is 12.2. The lowest BCUT2D eigenvalue weighted by atomic mass is 9.85. The summed E-state index contributed by atoms with van der Waals surface area (Å²) in [6.45, 7) is 15.6. The summed E-state index contributed by atoms with van der Waals surface area (Å²) in [6, 6.07) is 5.13. The highest BCUT2D eigenvalue weighted by molar-refractivity contribution is 6.09. The zero-order valence-corrected chi connectivity index (χ0v) is 29.0. The number of alkyl carbamates (subject to hydrolysis) is 1. The molecule has 0 bridgehead atoms. The SMILES string of the molecule is CC(=O)c1cccc(OCC(NCCN(C)CCNC(=O)OC(C)(C)C)=C2CCC2)c1C(C)=O.CCC(C)C1CCC(=O)NC1=O. The first kappa shape index (κ1) is 38.5. The molecule has 11 nitrogen and oxygen atoms in total. The first-order valence-corrected chi connectivity index (χ1v) is 16.3. The Morgan fingerprint density at radius 2 is 1.67 bits per heavy atom. The number of nitrogens with one attached hydrogen (secondary N) is 3. The van der Waals surface area contributed by atoms with Crippen molar-refractivity contribution in [2.24, 2.45) is 11.8 Å². The Labute approximate surface area is 274 Å². The first-order valence-electron chi connectivity index (χ1n) is 16.3. The lowest BCUT2D eigenvalue weighted by molar-refractivity contribution is -0.137. The van der Waals surface area contributed by atoms with Gasteiger partial charge in [0, 0.05) is 49.8 Å². The third-order valence-electron chi connectivity index (χ3n) is 8.12. The van der Waals surface area contributed by atoms with Crippen LogP contribution in [-0.2, 0) is 14.3 Å². The summed E-state index contributed by atoms with van der Waals surface area (Å²) in [5, 5.41) is 8.62. The minimum absolute atomic E-state index is 0.0488. The molecule has 2 unspecified atom stereocenters. The van der Waals surface area contributed by atoms with Crippen molar-refractivity contribution in [3.05, 3.63) is 40.6 Å². The summed E-state index contributed by atoms with van der Waals surface area (Å²) in [7, 11) is 2.00. The average molecular weight is 643 g/mol. The van der Waals surface area contributed by atoms with E-state index in [4.69, 9.17) is 9.47 Å². The van der Waals surface area contributed by atoms with Crippen molar-refractivity contribution < 1.29 is 33.4 Å². The molecule has 256 valence electrons. The second-order valence-electron chi connectivity index (χ2n) is 13.1. The molecule has 0 aromatic heterocycles. The maximum absolute atomic E-state index is 12.2. The molecule has 1 saturated heterocycles. The highest BCUT2D eigenvalue weighted by Gasteiger charge is 2.29. The Hall–Kier alpha value is -3.73. The van der Waals surface area contributed by atoms with Crippen LogP contribution in [0.15, 0.2) is 29.5 Å². The van der Waals surface area contributed by atoms with Crippen LogP contribution in [0.1, 0.15) is 108 Å². The van der Waals surface area contributed by atoms with Crippen molar-refractivity contribution in [2.75, 3.05) is 39.8 Å². The molecule has 1 saturated carbocycles. The van der Waals surface area contributed by atoms with Gasteiger partial charge in [0.05, 0.1) is 5.56 Å². The molecule has 11 heteroatoms. The van der Waals surface area contributed by atoms with Gasteiger partial charge in [0.15, 0.2) is 11.6 Å². The van der Waals surface area contributed by atoms with Gasteiger partial charge in [-0.2, -0.15) is 0 Å². The number of nitrogens with zero attached hydrogens (tertiary/aromatic N) is 1. The van der Waals surface area contributed by atoms with Crippen molar-refractivity contribution in [3.63, 3.8) is 0 Å². The van der Waals surface area contributed by atoms with Gasteiger partial charge < -0.3 is 25.0 Å². The molecule has 46 heavy (non-hydrogen) atoms. The molecule has 3 amide bonds. The zero-order chi connectivity index (χ0) is 34.4. The third kappa shape index (κ3) is 12.9. The molecule has 0 radical (unpaired) electrons. The molecule has 2 atom stereocenters. The number of rotatable bonds is 14. The number of allylic oxidation sites excluding steroid dienone is 1. The fourth-order valence-electron chi connectivity index (χ4n) is 5.10. The number of benzene rings is 1. The van der Waals surface area contributed by atoms with Gasteiger partial charge in [-0.3, -0.25) is 24.5 Å². The number of hydrogen-bond donors (Lipinski definition) is 3. The largest absolute Gasteiger partial charge is 0.487 e. The van der Waals surface area contributed by atoms with Gasteiger partial charge in [0.1, 0.15) is 18.0 Å². The molecule has 0 spiro atoms. The first-order chi connectivity index (χ1) is 21.6. The van der Waals surface area contributed by atoms with E-state index < -0.39 is 11.7 Å². The van der Waals surface area contributed by atoms with Gasteiger partial charge in [-0.1, -0.05) is 32.4 Å². The molecular weight excluding hydrogens is 588 g/mol.